The summed E-state index contributed by atoms with van der Waals surface area (Å²) in [5.41, 5.74) is 0.325. The zero-order valence-corrected chi connectivity index (χ0v) is 12.3. The van der Waals surface area contributed by atoms with Crippen molar-refractivity contribution < 1.29 is 0 Å². The molecule has 0 aromatic carbocycles. The Labute approximate surface area is 103 Å². The molecule has 0 aliphatic rings. The molecular weight excluding hydrogens is 196 g/mol. The van der Waals surface area contributed by atoms with Gasteiger partial charge in [0.1, 0.15) is 0 Å². The van der Waals surface area contributed by atoms with E-state index >= 15 is 0 Å². The molecule has 0 spiro atoms. The second kappa shape index (κ2) is 8.08. The van der Waals surface area contributed by atoms with Gasteiger partial charge in [0.2, 0.25) is 0 Å². The lowest BCUT2D eigenvalue weighted by molar-refractivity contribution is 0.0837. The summed E-state index contributed by atoms with van der Waals surface area (Å²) in [4.78, 5) is 2.43. The minimum Gasteiger partial charge on any atom is -0.312 e. The minimum absolute atomic E-state index is 0.325. The molecule has 16 heavy (non-hydrogen) atoms. The lowest BCUT2D eigenvalue weighted by Crippen LogP contribution is -2.58. The van der Waals surface area contributed by atoms with Gasteiger partial charge in [-0.25, -0.2) is 0 Å². The molecule has 2 heteroatoms. The van der Waals surface area contributed by atoms with Gasteiger partial charge in [-0.05, 0) is 46.3 Å². The van der Waals surface area contributed by atoms with Crippen LogP contribution in [0.2, 0.25) is 0 Å². The molecule has 1 atom stereocenters. The number of hydrogen-bond donors (Lipinski definition) is 1. The molecular formula is C14H32N2. The Morgan fingerprint density at radius 3 is 1.88 bits per heavy atom. The Morgan fingerprint density at radius 1 is 1.00 bits per heavy atom. The number of nitrogens with one attached hydrogen (secondary N) is 1. The number of rotatable bonds is 9. The zero-order valence-electron chi connectivity index (χ0n) is 12.3. The summed E-state index contributed by atoms with van der Waals surface area (Å²) in [6, 6.07) is 0.627. The van der Waals surface area contributed by atoms with Crippen LogP contribution in [0.4, 0.5) is 0 Å². The highest BCUT2D eigenvalue weighted by Gasteiger charge is 2.36. The van der Waals surface area contributed by atoms with Crippen LogP contribution in [0.15, 0.2) is 0 Å². The molecule has 0 bridgehead atoms. The lowest BCUT2D eigenvalue weighted by Gasteiger charge is -2.45. The molecule has 0 rings (SSSR count). The smallest absolute Gasteiger partial charge is 0.0351 e. The first-order chi connectivity index (χ1) is 7.58. The monoisotopic (exact) mass is 228 g/mol. The SMILES string of the molecule is CCCNC(CCC)C(CC)(CC)N(C)C. The summed E-state index contributed by atoms with van der Waals surface area (Å²) in [6.07, 6.45) is 6.20. The third kappa shape index (κ3) is 3.74. The summed E-state index contributed by atoms with van der Waals surface area (Å²) in [5.74, 6) is 0. The van der Waals surface area contributed by atoms with Gasteiger partial charge in [0.25, 0.3) is 0 Å². The molecule has 0 fully saturated rings. The van der Waals surface area contributed by atoms with E-state index < -0.39 is 0 Å². The van der Waals surface area contributed by atoms with E-state index in [1.165, 1.54) is 32.1 Å². The van der Waals surface area contributed by atoms with Crippen molar-refractivity contribution in [3.05, 3.63) is 0 Å². The van der Waals surface area contributed by atoms with Crippen molar-refractivity contribution in [1.29, 1.82) is 0 Å². The normalized spacial score (nSPS) is 14.4. The Balaban J connectivity index is 4.76. The van der Waals surface area contributed by atoms with Crippen molar-refractivity contribution in [3.8, 4) is 0 Å². The molecule has 0 saturated carbocycles. The number of likely N-dealkylation sites (N-methyl/N-ethyl adjacent to an activating group) is 1. The Hall–Kier alpha value is -0.0800. The topological polar surface area (TPSA) is 15.3 Å². The molecule has 0 radical (unpaired) electrons. The average molecular weight is 228 g/mol. The highest BCUT2D eigenvalue weighted by atomic mass is 15.2. The van der Waals surface area contributed by atoms with Crippen molar-refractivity contribution in [1.82, 2.24) is 10.2 Å². The highest BCUT2D eigenvalue weighted by molar-refractivity contribution is 4.96. The summed E-state index contributed by atoms with van der Waals surface area (Å²) in [7, 11) is 4.45. The van der Waals surface area contributed by atoms with Crippen LogP contribution in [0, 0.1) is 0 Å². The molecule has 0 aromatic heterocycles. The third-order valence-corrected chi connectivity index (χ3v) is 3.98. The Kier molecular flexibility index (Phi) is 8.04. The van der Waals surface area contributed by atoms with Crippen molar-refractivity contribution >= 4 is 0 Å². The first-order valence-electron chi connectivity index (χ1n) is 6.99. The maximum absolute atomic E-state index is 3.75. The van der Waals surface area contributed by atoms with Gasteiger partial charge in [0, 0.05) is 11.6 Å². The second-order valence-corrected chi connectivity index (χ2v) is 5.00. The van der Waals surface area contributed by atoms with Crippen LogP contribution in [-0.4, -0.2) is 37.1 Å². The summed E-state index contributed by atoms with van der Waals surface area (Å²) >= 11 is 0. The standard InChI is InChI=1S/C14H32N2/c1-7-11-13(15-12-8-2)14(9-3,10-4)16(5)6/h13,15H,7-12H2,1-6H3. The molecule has 0 heterocycles. The minimum atomic E-state index is 0.325. The van der Waals surface area contributed by atoms with E-state index in [4.69, 9.17) is 0 Å². The Bertz CT molecular complexity index is 162. The third-order valence-electron chi connectivity index (χ3n) is 3.98. The molecule has 98 valence electrons. The summed E-state index contributed by atoms with van der Waals surface area (Å²) in [6.45, 7) is 10.3. The fourth-order valence-electron chi connectivity index (χ4n) is 2.85. The van der Waals surface area contributed by atoms with Crippen LogP contribution in [-0.2, 0) is 0 Å². The Morgan fingerprint density at radius 2 is 1.56 bits per heavy atom. The molecule has 0 saturated heterocycles. The van der Waals surface area contributed by atoms with Gasteiger partial charge >= 0.3 is 0 Å². The van der Waals surface area contributed by atoms with Gasteiger partial charge < -0.3 is 10.2 Å². The largest absolute Gasteiger partial charge is 0.312 e. The van der Waals surface area contributed by atoms with E-state index in [0.29, 0.717) is 11.6 Å². The van der Waals surface area contributed by atoms with Crippen LogP contribution < -0.4 is 5.32 Å². The maximum atomic E-state index is 3.75. The lowest BCUT2D eigenvalue weighted by atomic mass is 9.81. The molecule has 0 amide bonds. The van der Waals surface area contributed by atoms with Crippen molar-refractivity contribution in [2.45, 2.75) is 71.4 Å². The molecule has 0 aliphatic heterocycles. The van der Waals surface area contributed by atoms with Crippen molar-refractivity contribution in [2.75, 3.05) is 20.6 Å². The molecule has 0 aromatic rings. The van der Waals surface area contributed by atoms with E-state index in [1.54, 1.807) is 0 Å². The van der Waals surface area contributed by atoms with E-state index in [0.717, 1.165) is 6.54 Å². The summed E-state index contributed by atoms with van der Waals surface area (Å²) < 4.78 is 0. The maximum Gasteiger partial charge on any atom is 0.0351 e. The molecule has 1 unspecified atom stereocenters. The van der Waals surface area contributed by atoms with E-state index in [-0.39, 0.29) is 0 Å². The van der Waals surface area contributed by atoms with E-state index in [2.05, 4.69) is 52.0 Å². The summed E-state index contributed by atoms with van der Waals surface area (Å²) in [5, 5.41) is 3.75. The van der Waals surface area contributed by atoms with Gasteiger partial charge in [-0.3, -0.25) is 0 Å². The van der Waals surface area contributed by atoms with Gasteiger partial charge in [-0.1, -0.05) is 34.1 Å². The molecule has 1 N–H and O–H groups in total. The fraction of sp³-hybridized carbons (Fsp3) is 1.00. The quantitative estimate of drug-likeness (QED) is 0.651. The van der Waals surface area contributed by atoms with Crippen LogP contribution >= 0.6 is 0 Å². The number of hydrogen-bond acceptors (Lipinski definition) is 2. The predicted octanol–water partition coefficient (Wildman–Crippen LogP) is 3.28. The van der Waals surface area contributed by atoms with Crippen LogP contribution in [0.3, 0.4) is 0 Å². The van der Waals surface area contributed by atoms with Gasteiger partial charge in [-0.2, -0.15) is 0 Å². The van der Waals surface area contributed by atoms with E-state index in [1.807, 2.05) is 0 Å². The van der Waals surface area contributed by atoms with Crippen molar-refractivity contribution in [2.24, 2.45) is 0 Å². The second-order valence-electron chi connectivity index (χ2n) is 5.00. The molecule has 0 aliphatic carbocycles. The zero-order chi connectivity index (χ0) is 12.6. The van der Waals surface area contributed by atoms with Gasteiger partial charge in [0.05, 0.1) is 0 Å². The van der Waals surface area contributed by atoms with Crippen molar-refractivity contribution in [3.63, 3.8) is 0 Å². The van der Waals surface area contributed by atoms with Crippen LogP contribution in [0.5, 0.6) is 0 Å². The van der Waals surface area contributed by atoms with Crippen LogP contribution in [0.1, 0.15) is 59.8 Å². The first-order valence-corrected chi connectivity index (χ1v) is 6.99. The predicted molar refractivity (Wildman–Crippen MR) is 74.0 cm³/mol. The fourth-order valence-corrected chi connectivity index (χ4v) is 2.85. The highest BCUT2D eigenvalue weighted by Crippen LogP contribution is 2.28. The van der Waals surface area contributed by atoms with E-state index in [9.17, 15) is 0 Å². The van der Waals surface area contributed by atoms with Gasteiger partial charge in [0.15, 0.2) is 0 Å². The molecule has 2 nitrogen and oxygen atoms in total. The number of nitrogens with zero attached hydrogens (tertiary/aromatic N) is 1. The van der Waals surface area contributed by atoms with Gasteiger partial charge in [-0.15, -0.1) is 0 Å². The van der Waals surface area contributed by atoms with Crippen LogP contribution in [0.25, 0.3) is 0 Å². The average Bonchev–Trinajstić information content (AvgIpc) is 2.27. The first kappa shape index (κ1) is 15.9.